The lowest BCUT2D eigenvalue weighted by molar-refractivity contribution is 0.0834. The van der Waals surface area contributed by atoms with Crippen molar-refractivity contribution < 1.29 is 5.11 Å². The Labute approximate surface area is 102 Å². The van der Waals surface area contributed by atoms with E-state index in [0.29, 0.717) is 24.7 Å². The molecule has 0 unspecified atom stereocenters. The SMILES string of the molecule is Nc1nc(NC2CC(O)C2)nc(-n2cncn2)n1. The van der Waals surface area contributed by atoms with Crippen LogP contribution in [-0.4, -0.2) is 47.0 Å². The summed E-state index contributed by atoms with van der Waals surface area (Å²) in [5, 5.41) is 16.2. The second kappa shape index (κ2) is 4.18. The van der Waals surface area contributed by atoms with Crippen molar-refractivity contribution in [2.75, 3.05) is 11.1 Å². The van der Waals surface area contributed by atoms with E-state index in [1.807, 2.05) is 0 Å². The zero-order valence-electron chi connectivity index (χ0n) is 9.43. The summed E-state index contributed by atoms with van der Waals surface area (Å²) < 4.78 is 1.40. The highest BCUT2D eigenvalue weighted by atomic mass is 16.3. The van der Waals surface area contributed by atoms with Crippen LogP contribution in [0.2, 0.25) is 0 Å². The summed E-state index contributed by atoms with van der Waals surface area (Å²) in [5.74, 6) is 0.796. The maximum Gasteiger partial charge on any atom is 0.258 e. The minimum absolute atomic E-state index is 0.109. The highest BCUT2D eigenvalue weighted by Crippen LogP contribution is 2.22. The summed E-state index contributed by atoms with van der Waals surface area (Å²) in [5.41, 5.74) is 5.61. The van der Waals surface area contributed by atoms with E-state index in [9.17, 15) is 5.11 Å². The first kappa shape index (κ1) is 10.8. The van der Waals surface area contributed by atoms with Crippen LogP contribution in [0.1, 0.15) is 12.8 Å². The molecule has 3 rings (SSSR count). The Morgan fingerprint density at radius 1 is 1.33 bits per heavy atom. The Morgan fingerprint density at radius 3 is 2.83 bits per heavy atom. The maximum atomic E-state index is 9.22. The molecule has 1 fully saturated rings. The third kappa shape index (κ3) is 2.07. The van der Waals surface area contributed by atoms with Crippen molar-refractivity contribution in [3.05, 3.63) is 12.7 Å². The van der Waals surface area contributed by atoms with Crippen LogP contribution in [0.25, 0.3) is 5.95 Å². The van der Waals surface area contributed by atoms with Gasteiger partial charge >= 0.3 is 0 Å². The minimum atomic E-state index is -0.239. The molecular weight excluding hydrogens is 236 g/mol. The molecular formula is C9H12N8O. The van der Waals surface area contributed by atoms with Crippen LogP contribution in [0.3, 0.4) is 0 Å². The summed E-state index contributed by atoms with van der Waals surface area (Å²) >= 11 is 0. The summed E-state index contributed by atoms with van der Waals surface area (Å²) in [7, 11) is 0. The molecule has 0 spiro atoms. The number of nitrogens with two attached hydrogens (primary N) is 1. The van der Waals surface area contributed by atoms with Crippen LogP contribution in [-0.2, 0) is 0 Å². The largest absolute Gasteiger partial charge is 0.393 e. The fraction of sp³-hybridized carbons (Fsp3) is 0.444. The third-order valence-corrected chi connectivity index (χ3v) is 2.71. The van der Waals surface area contributed by atoms with Gasteiger partial charge in [-0.05, 0) is 12.8 Å². The average molecular weight is 248 g/mol. The molecule has 0 atom stereocenters. The molecule has 0 aromatic carbocycles. The second-order valence-corrected chi connectivity index (χ2v) is 4.12. The fourth-order valence-electron chi connectivity index (χ4n) is 1.75. The zero-order chi connectivity index (χ0) is 12.5. The first-order chi connectivity index (χ1) is 8.70. The van der Waals surface area contributed by atoms with E-state index in [1.54, 1.807) is 0 Å². The molecule has 2 heterocycles. The van der Waals surface area contributed by atoms with Gasteiger partial charge in [-0.25, -0.2) is 4.98 Å². The maximum absolute atomic E-state index is 9.22. The number of hydrogen-bond acceptors (Lipinski definition) is 8. The smallest absolute Gasteiger partial charge is 0.258 e. The van der Waals surface area contributed by atoms with Gasteiger partial charge in [-0.1, -0.05) is 0 Å². The Balaban J connectivity index is 1.82. The van der Waals surface area contributed by atoms with Crippen LogP contribution in [0.15, 0.2) is 12.7 Å². The van der Waals surface area contributed by atoms with E-state index in [1.165, 1.54) is 17.3 Å². The Kier molecular flexibility index (Phi) is 2.52. The average Bonchev–Trinajstić information content (AvgIpc) is 2.79. The predicted molar refractivity (Wildman–Crippen MR) is 61.8 cm³/mol. The number of aliphatic hydroxyl groups is 1. The van der Waals surface area contributed by atoms with Crippen LogP contribution in [0.4, 0.5) is 11.9 Å². The number of rotatable bonds is 3. The minimum Gasteiger partial charge on any atom is -0.393 e. The number of aromatic nitrogens is 6. The van der Waals surface area contributed by atoms with Gasteiger partial charge in [0.15, 0.2) is 0 Å². The number of nitrogens with one attached hydrogen (secondary N) is 1. The number of hydrogen-bond donors (Lipinski definition) is 3. The molecule has 2 aromatic heterocycles. The molecule has 94 valence electrons. The summed E-state index contributed by atoms with van der Waals surface area (Å²) in [6.45, 7) is 0. The lowest BCUT2D eigenvalue weighted by atomic mass is 9.90. The highest BCUT2D eigenvalue weighted by Gasteiger charge is 2.27. The lowest BCUT2D eigenvalue weighted by Gasteiger charge is -2.31. The van der Waals surface area contributed by atoms with Gasteiger partial charge in [0, 0.05) is 6.04 Å². The number of nitrogen functional groups attached to an aromatic ring is 1. The summed E-state index contributed by atoms with van der Waals surface area (Å²) in [4.78, 5) is 16.0. The van der Waals surface area contributed by atoms with Crippen LogP contribution < -0.4 is 11.1 Å². The van der Waals surface area contributed by atoms with E-state index in [0.717, 1.165) is 0 Å². The van der Waals surface area contributed by atoms with Gasteiger partial charge in [-0.3, -0.25) is 0 Å². The first-order valence-corrected chi connectivity index (χ1v) is 5.52. The monoisotopic (exact) mass is 248 g/mol. The fourth-order valence-corrected chi connectivity index (χ4v) is 1.75. The van der Waals surface area contributed by atoms with Gasteiger partial charge in [0.05, 0.1) is 6.10 Å². The molecule has 0 amide bonds. The molecule has 0 aliphatic heterocycles. The topological polar surface area (TPSA) is 128 Å². The molecule has 9 nitrogen and oxygen atoms in total. The molecule has 0 radical (unpaired) electrons. The molecule has 4 N–H and O–H groups in total. The first-order valence-electron chi connectivity index (χ1n) is 5.52. The summed E-state index contributed by atoms with van der Waals surface area (Å²) in [6.07, 6.45) is 3.99. The Bertz CT molecular complexity index is 536. The molecule has 1 saturated carbocycles. The van der Waals surface area contributed by atoms with Crippen molar-refractivity contribution in [3.8, 4) is 5.95 Å². The predicted octanol–water partition coefficient (Wildman–Crippen LogP) is -1.03. The quantitative estimate of drug-likeness (QED) is 0.629. The van der Waals surface area contributed by atoms with Crippen molar-refractivity contribution in [2.45, 2.75) is 25.0 Å². The normalized spacial score (nSPS) is 22.5. The van der Waals surface area contributed by atoms with Gasteiger partial charge in [-0.2, -0.15) is 24.7 Å². The molecule has 9 heteroatoms. The van der Waals surface area contributed by atoms with Crippen molar-refractivity contribution in [3.63, 3.8) is 0 Å². The van der Waals surface area contributed by atoms with Gasteiger partial charge in [0.1, 0.15) is 12.7 Å². The van der Waals surface area contributed by atoms with Crippen LogP contribution in [0, 0.1) is 0 Å². The van der Waals surface area contributed by atoms with E-state index < -0.39 is 0 Å². The molecule has 0 saturated heterocycles. The number of aliphatic hydroxyl groups excluding tert-OH is 1. The van der Waals surface area contributed by atoms with Crippen molar-refractivity contribution in [1.29, 1.82) is 0 Å². The molecule has 1 aliphatic carbocycles. The number of nitrogens with zero attached hydrogens (tertiary/aromatic N) is 6. The standard InChI is InChI=1S/C9H12N8O/c10-7-14-8(13-5-1-6(18)2-5)16-9(15-7)17-4-11-3-12-17/h3-6,18H,1-2H2,(H3,10,13,14,15,16). The van der Waals surface area contributed by atoms with E-state index in [-0.39, 0.29) is 18.1 Å². The highest BCUT2D eigenvalue weighted by molar-refractivity contribution is 5.36. The van der Waals surface area contributed by atoms with Crippen LogP contribution in [0.5, 0.6) is 0 Å². The van der Waals surface area contributed by atoms with Gasteiger partial charge in [0.25, 0.3) is 5.95 Å². The third-order valence-electron chi connectivity index (χ3n) is 2.71. The Morgan fingerprint density at radius 2 is 2.17 bits per heavy atom. The van der Waals surface area contributed by atoms with E-state index in [4.69, 9.17) is 5.73 Å². The van der Waals surface area contributed by atoms with Crippen molar-refractivity contribution >= 4 is 11.9 Å². The lowest BCUT2D eigenvalue weighted by Crippen LogP contribution is -2.39. The molecule has 18 heavy (non-hydrogen) atoms. The van der Waals surface area contributed by atoms with Crippen LogP contribution >= 0.6 is 0 Å². The van der Waals surface area contributed by atoms with E-state index in [2.05, 4.69) is 30.4 Å². The summed E-state index contributed by atoms with van der Waals surface area (Å²) in [6, 6.07) is 0.172. The van der Waals surface area contributed by atoms with E-state index >= 15 is 0 Å². The molecule has 1 aliphatic rings. The molecule has 2 aromatic rings. The van der Waals surface area contributed by atoms with Gasteiger partial charge in [0.2, 0.25) is 11.9 Å². The van der Waals surface area contributed by atoms with Crippen molar-refractivity contribution in [2.24, 2.45) is 0 Å². The van der Waals surface area contributed by atoms with Crippen molar-refractivity contribution in [1.82, 2.24) is 29.7 Å². The Hall–Kier alpha value is -2.29. The number of anilines is 2. The van der Waals surface area contributed by atoms with Gasteiger partial charge < -0.3 is 16.2 Å². The van der Waals surface area contributed by atoms with Gasteiger partial charge in [-0.15, -0.1) is 0 Å². The zero-order valence-corrected chi connectivity index (χ0v) is 9.43. The molecule has 0 bridgehead atoms. The second-order valence-electron chi connectivity index (χ2n) is 4.12.